The van der Waals surface area contributed by atoms with Gasteiger partial charge in [0.05, 0.1) is 28.7 Å². The first-order valence-electron chi connectivity index (χ1n) is 9.59. The summed E-state index contributed by atoms with van der Waals surface area (Å²) in [4.78, 5) is 32.2. The topological polar surface area (TPSA) is 72.0 Å². The molecule has 0 radical (unpaired) electrons. The van der Waals surface area contributed by atoms with Crippen molar-refractivity contribution in [1.29, 1.82) is 0 Å². The molecule has 9 heteroatoms. The summed E-state index contributed by atoms with van der Waals surface area (Å²) in [6.07, 6.45) is 5.46. The van der Waals surface area contributed by atoms with Gasteiger partial charge in [-0.2, -0.15) is 0 Å². The highest BCUT2D eigenvalue weighted by molar-refractivity contribution is 9.11. The maximum absolute atomic E-state index is 12.6. The van der Waals surface area contributed by atoms with E-state index < -0.39 is 12.2 Å². The van der Waals surface area contributed by atoms with Crippen LogP contribution in [0.4, 0.5) is 9.93 Å². The van der Waals surface area contributed by atoms with Gasteiger partial charge in [0.15, 0.2) is 5.13 Å². The lowest BCUT2D eigenvalue weighted by Crippen LogP contribution is -2.37. The molecule has 1 atom stereocenters. The summed E-state index contributed by atoms with van der Waals surface area (Å²) in [6, 6.07) is 6.62. The molecule has 1 aliphatic heterocycles. The molecule has 1 aliphatic rings. The number of likely N-dealkylation sites (N-methyl/N-ethyl adjacent to an activating group) is 1. The minimum atomic E-state index is -0.729. The van der Waals surface area contributed by atoms with Gasteiger partial charge in [-0.25, -0.2) is 19.5 Å². The number of carbonyl (C=O) groups excluding carboxylic acids is 2. The number of carbonyl (C=O) groups is 2. The summed E-state index contributed by atoms with van der Waals surface area (Å²) in [5.74, 6) is 0.233. The number of thiazole rings is 1. The van der Waals surface area contributed by atoms with Gasteiger partial charge in [-0.05, 0) is 46.6 Å². The van der Waals surface area contributed by atoms with Crippen molar-refractivity contribution in [3.63, 3.8) is 0 Å². The van der Waals surface area contributed by atoms with Crippen molar-refractivity contribution in [1.82, 2.24) is 9.88 Å². The smallest absolute Gasteiger partial charge is 0.340 e. The molecular formula is C20H24BrN3O4S. The molecule has 1 fully saturated rings. The zero-order chi connectivity index (χ0) is 20.8. The predicted octanol–water partition coefficient (Wildman–Crippen LogP) is 4.92. The fraction of sp³-hybridized carbons (Fsp3) is 0.450. The van der Waals surface area contributed by atoms with Crippen LogP contribution in [-0.4, -0.2) is 48.3 Å². The Morgan fingerprint density at radius 1 is 1.28 bits per heavy atom. The normalized spacial score (nSPS) is 16.4. The number of unbranched alkanes of at least 4 members (excludes halogenated alkanes) is 3. The van der Waals surface area contributed by atoms with E-state index in [-0.39, 0.29) is 12.6 Å². The van der Waals surface area contributed by atoms with E-state index in [9.17, 15) is 9.59 Å². The van der Waals surface area contributed by atoms with Gasteiger partial charge in [0.25, 0.3) is 0 Å². The second-order valence-corrected chi connectivity index (χ2v) is 9.16. The van der Waals surface area contributed by atoms with E-state index in [4.69, 9.17) is 9.47 Å². The van der Waals surface area contributed by atoms with Gasteiger partial charge < -0.3 is 14.4 Å². The van der Waals surface area contributed by atoms with Gasteiger partial charge >= 0.3 is 12.0 Å². The second kappa shape index (κ2) is 10.1. The number of amides is 2. The minimum Gasteiger partial charge on any atom is -0.494 e. The van der Waals surface area contributed by atoms with Gasteiger partial charge in [0.2, 0.25) is 6.23 Å². The number of benzene rings is 1. The van der Waals surface area contributed by atoms with Crippen molar-refractivity contribution in [3.05, 3.63) is 39.8 Å². The van der Waals surface area contributed by atoms with Gasteiger partial charge in [-0.15, -0.1) is 0 Å². The maximum Gasteiger partial charge on any atom is 0.340 e. The van der Waals surface area contributed by atoms with Crippen LogP contribution in [0.25, 0.3) is 0 Å². The van der Waals surface area contributed by atoms with E-state index in [0.717, 1.165) is 22.4 Å². The highest BCUT2D eigenvalue weighted by atomic mass is 79.9. The Kier molecular flexibility index (Phi) is 7.49. The molecule has 7 nitrogen and oxygen atoms in total. The summed E-state index contributed by atoms with van der Waals surface area (Å²) in [6.45, 7) is 3.12. The molecule has 0 N–H and O–H groups in total. The Labute approximate surface area is 182 Å². The van der Waals surface area contributed by atoms with Gasteiger partial charge in [0, 0.05) is 7.05 Å². The Balaban J connectivity index is 1.59. The molecule has 156 valence electrons. The number of ether oxygens (including phenoxy) is 2. The van der Waals surface area contributed by atoms with Crippen LogP contribution in [0.1, 0.15) is 43.0 Å². The van der Waals surface area contributed by atoms with Crippen LogP contribution in [0.2, 0.25) is 0 Å². The van der Waals surface area contributed by atoms with Gasteiger partial charge in [0.1, 0.15) is 5.75 Å². The van der Waals surface area contributed by atoms with Gasteiger partial charge in [-0.1, -0.05) is 37.5 Å². The van der Waals surface area contributed by atoms with Crippen LogP contribution in [0.15, 0.2) is 34.2 Å². The van der Waals surface area contributed by atoms with Crippen LogP contribution in [0.3, 0.4) is 0 Å². The molecule has 1 aromatic heterocycles. The van der Waals surface area contributed by atoms with Crippen LogP contribution in [-0.2, 0) is 4.74 Å². The zero-order valence-corrected chi connectivity index (χ0v) is 18.9. The van der Waals surface area contributed by atoms with Crippen LogP contribution < -0.4 is 9.64 Å². The quantitative estimate of drug-likeness (QED) is 0.375. The fourth-order valence-corrected chi connectivity index (χ4v) is 4.17. The molecule has 0 aliphatic carbocycles. The van der Waals surface area contributed by atoms with Crippen LogP contribution in [0.5, 0.6) is 5.75 Å². The fourth-order valence-electron chi connectivity index (χ4n) is 2.95. The molecular weight excluding hydrogens is 458 g/mol. The Bertz CT molecular complexity index is 843. The highest BCUT2D eigenvalue weighted by Gasteiger charge is 2.40. The average molecular weight is 482 g/mol. The number of anilines is 1. The van der Waals surface area contributed by atoms with Crippen LogP contribution in [0, 0.1) is 0 Å². The number of halogens is 1. The first-order chi connectivity index (χ1) is 14.0. The maximum atomic E-state index is 12.6. The second-order valence-electron chi connectivity index (χ2n) is 6.77. The van der Waals surface area contributed by atoms with Crippen molar-refractivity contribution in [2.75, 3.05) is 25.1 Å². The first kappa shape index (κ1) is 21.6. The van der Waals surface area contributed by atoms with Crippen molar-refractivity contribution >= 4 is 44.4 Å². The molecule has 29 heavy (non-hydrogen) atoms. The SMILES string of the molecule is CCCCCCOc1ccc(C(=O)OC2CN(C)C(=O)N2c2ncc(Br)s2)cc1. The van der Waals surface area contributed by atoms with Crippen molar-refractivity contribution in [2.45, 2.75) is 38.8 Å². The minimum absolute atomic E-state index is 0.253. The molecule has 1 unspecified atom stereocenters. The lowest BCUT2D eigenvalue weighted by atomic mass is 10.2. The number of aromatic nitrogens is 1. The third kappa shape index (κ3) is 5.48. The number of hydrogen-bond donors (Lipinski definition) is 0. The summed E-state index contributed by atoms with van der Waals surface area (Å²) in [5.41, 5.74) is 0.408. The highest BCUT2D eigenvalue weighted by Crippen LogP contribution is 2.32. The Morgan fingerprint density at radius 3 is 2.69 bits per heavy atom. The summed E-state index contributed by atoms with van der Waals surface area (Å²) >= 11 is 4.65. The van der Waals surface area contributed by atoms with Crippen molar-refractivity contribution < 1.29 is 19.1 Å². The number of urea groups is 1. The van der Waals surface area contributed by atoms with E-state index >= 15 is 0 Å². The van der Waals surface area contributed by atoms with E-state index in [1.54, 1.807) is 37.5 Å². The lowest BCUT2D eigenvalue weighted by molar-refractivity contribution is 0.0331. The number of hydrogen-bond acceptors (Lipinski definition) is 6. The Hall–Kier alpha value is -2.13. The zero-order valence-electron chi connectivity index (χ0n) is 16.5. The van der Waals surface area contributed by atoms with E-state index in [1.165, 1.54) is 34.0 Å². The largest absolute Gasteiger partial charge is 0.494 e. The summed E-state index contributed by atoms with van der Waals surface area (Å²) in [7, 11) is 1.67. The van der Waals surface area contributed by atoms with Gasteiger partial charge in [-0.3, -0.25) is 0 Å². The number of rotatable bonds is 9. The summed E-state index contributed by atoms with van der Waals surface area (Å²) < 4.78 is 12.1. The summed E-state index contributed by atoms with van der Waals surface area (Å²) in [5, 5.41) is 0.482. The van der Waals surface area contributed by atoms with Crippen molar-refractivity contribution in [3.8, 4) is 5.75 Å². The predicted molar refractivity (Wildman–Crippen MR) is 116 cm³/mol. The molecule has 2 aromatic rings. The molecule has 0 bridgehead atoms. The monoisotopic (exact) mass is 481 g/mol. The first-order valence-corrected chi connectivity index (χ1v) is 11.2. The Morgan fingerprint density at radius 2 is 2.03 bits per heavy atom. The van der Waals surface area contributed by atoms with E-state index in [0.29, 0.717) is 17.3 Å². The van der Waals surface area contributed by atoms with Crippen LogP contribution >= 0.6 is 27.3 Å². The molecule has 0 saturated carbocycles. The number of esters is 1. The molecule has 3 rings (SSSR count). The molecule has 1 saturated heterocycles. The average Bonchev–Trinajstić information content (AvgIpc) is 3.24. The van der Waals surface area contributed by atoms with Crippen molar-refractivity contribution in [2.24, 2.45) is 0 Å². The molecule has 2 heterocycles. The third-order valence-corrected chi connectivity index (χ3v) is 6.00. The molecule has 0 spiro atoms. The lowest BCUT2D eigenvalue weighted by Gasteiger charge is -2.20. The number of nitrogens with zero attached hydrogens (tertiary/aromatic N) is 3. The molecule has 2 amide bonds. The third-order valence-electron chi connectivity index (χ3n) is 4.52. The van der Waals surface area contributed by atoms with E-state index in [2.05, 4.69) is 27.8 Å². The molecule has 1 aromatic carbocycles. The van der Waals surface area contributed by atoms with E-state index in [1.807, 2.05) is 0 Å². The standard InChI is InChI=1S/C20H24BrN3O4S/c1-3-4-5-6-11-27-15-9-7-14(8-10-15)18(25)28-17-13-23(2)20(26)24(17)19-22-12-16(21)29-19/h7-10,12,17H,3-6,11,13H2,1-2H3.